The van der Waals surface area contributed by atoms with Crippen molar-refractivity contribution in [1.29, 1.82) is 0 Å². The van der Waals surface area contributed by atoms with Gasteiger partial charge in [0.2, 0.25) is 5.89 Å². The molecular formula is C16H23N5O. The van der Waals surface area contributed by atoms with Crippen molar-refractivity contribution >= 4 is 5.96 Å². The van der Waals surface area contributed by atoms with Gasteiger partial charge in [-0.25, -0.2) is 4.99 Å². The Labute approximate surface area is 131 Å². The van der Waals surface area contributed by atoms with E-state index in [0.717, 1.165) is 12.5 Å². The molecule has 1 aromatic heterocycles. The van der Waals surface area contributed by atoms with Gasteiger partial charge in [-0.2, -0.15) is 4.98 Å². The zero-order valence-corrected chi connectivity index (χ0v) is 13.6. The molecule has 0 saturated heterocycles. The van der Waals surface area contributed by atoms with Crippen LogP contribution in [0.3, 0.4) is 0 Å². The Morgan fingerprint density at radius 3 is 2.73 bits per heavy atom. The van der Waals surface area contributed by atoms with E-state index < -0.39 is 0 Å². The average Bonchev–Trinajstić information content (AvgIpc) is 2.91. The summed E-state index contributed by atoms with van der Waals surface area (Å²) >= 11 is 0. The minimum atomic E-state index is 0.158. The number of nitrogens with zero attached hydrogens (tertiary/aromatic N) is 3. The van der Waals surface area contributed by atoms with E-state index in [-0.39, 0.29) is 6.04 Å². The molecule has 22 heavy (non-hydrogen) atoms. The molecule has 0 aliphatic heterocycles. The number of hydrogen-bond acceptors (Lipinski definition) is 4. The summed E-state index contributed by atoms with van der Waals surface area (Å²) in [7, 11) is 0. The second kappa shape index (κ2) is 7.59. The van der Waals surface area contributed by atoms with Crippen LogP contribution >= 0.6 is 0 Å². The molecule has 2 aromatic rings. The van der Waals surface area contributed by atoms with Gasteiger partial charge in [-0.15, -0.1) is 0 Å². The SMILES string of the molecule is CCNC(=NCc1noc(C)n1)NC(C)c1ccccc1C. The van der Waals surface area contributed by atoms with Gasteiger partial charge in [0.1, 0.15) is 6.54 Å². The second-order valence-electron chi connectivity index (χ2n) is 5.15. The van der Waals surface area contributed by atoms with Crippen molar-refractivity contribution in [3.63, 3.8) is 0 Å². The van der Waals surface area contributed by atoms with Crippen molar-refractivity contribution < 1.29 is 4.52 Å². The molecule has 2 N–H and O–H groups in total. The fourth-order valence-corrected chi connectivity index (χ4v) is 2.23. The molecule has 0 amide bonds. The first-order valence-electron chi connectivity index (χ1n) is 7.49. The van der Waals surface area contributed by atoms with Crippen LogP contribution in [0.15, 0.2) is 33.8 Å². The Hall–Kier alpha value is -2.37. The van der Waals surface area contributed by atoms with Gasteiger partial charge in [0.15, 0.2) is 11.8 Å². The maximum atomic E-state index is 4.95. The zero-order chi connectivity index (χ0) is 15.9. The van der Waals surface area contributed by atoms with Crippen molar-refractivity contribution in [1.82, 2.24) is 20.8 Å². The van der Waals surface area contributed by atoms with Crippen LogP contribution in [-0.4, -0.2) is 22.6 Å². The Morgan fingerprint density at radius 2 is 2.09 bits per heavy atom. The summed E-state index contributed by atoms with van der Waals surface area (Å²) < 4.78 is 4.95. The lowest BCUT2D eigenvalue weighted by Gasteiger charge is -2.19. The topological polar surface area (TPSA) is 75.3 Å². The summed E-state index contributed by atoms with van der Waals surface area (Å²) in [5.74, 6) is 1.87. The maximum absolute atomic E-state index is 4.95. The van der Waals surface area contributed by atoms with E-state index in [0.29, 0.717) is 18.3 Å². The van der Waals surface area contributed by atoms with Gasteiger partial charge in [-0.3, -0.25) is 0 Å². The number of aryl methyl sites for hydroxylation is 2. The van der Waals surface area contributed by atoms with E-state index in [1.54, 1.807) is 6.92 Å². The van der Waals surface area contributed by atoms with Gasteiger partial charge < -0.3 is 15.2 Å². The number of benzene rings is 1. The molecule has 0 radical (unpaired) electrons. The van der Waals surface area contributed by atoms with E-state index >= 15 is 0 Å². The summed E-state index contributed by atoms with van der Waals surface area (Å²) in [5, 5.41) is 10.5. The Bertz CT molecular complexity index is 635. The van der Waals surface area contributed by atoms with Crippen LogP contribution in [0.25, 0.3) is 0 Å². The summed E-state index contributed by atoms with van der Waals surface area (Å²) in [5.41, 5.74) is 2.51. The highest BCUT2D eigenvalue weighted by Gasteiger charge is 2.10. The van der Waals surface area contributed by atoms with Gasteiger partial charge in [-0.05, 0) is 31.9 Å². The van der Waals surface area contributed by atoms with Gasteiger partial charge in [0.05, 0.1) is 6.04 Å². The predicted molar refractivity (Wildman–Crippen MR) is 86.6 cm³/mol. The monoisotopic (exact) mass is 301 g/mol. The lowest BCUT2D eigenvalue weighted by Crippen LogP contribution is -2.38. The molecule has 0 aliphatic rings. The standard InChI is InChI=1S/C16H23N5O/c1-5-17-16(18-10-15-20-13(4)22-21-15)19-12(3)14-9-7-6-8-11(14)2/h6-9,12H,5,10H2,1-4H3,(H2,17,18,19). The normalized spacial score (nSPS) is 13.0. The van der Waals surface area contributed by atoms with Crippen LogP contribution in [0.1, 0.15) is 42.7 Å². The number of guanidine groups is 1. The van der Waals surface area contributed by atoms with E-state index in [2.05, 4.69) is 51.7 Å². The average molecular weight is 301 g/mol. The molecular weight excluding hydrogens is 278 g/mol. The molecule has 0 spiro atoms. The van der Waals surface area contributed by atoms with E-state index in [1.807, 2.05) is 19.1 Å². The molecule has 0 fully saturated rings. The minimum Gasteiger partial charge on any atom is -0.357 e. The Kier molecular flexibility index (Phi) is 5.52. The molecule has 2 rings (SSSR count). The smallest absolute Gasteiger partial charge is 0.223 e. The number of rotatable bonds is 5. The molecule has 118 valence electrons. The van der Waals surface area contributed by atoms with Gasteiger partial charge in [0, 0.05) is 13.5 Å². The molecule has 0 bridgehead atoms. The number of aliphatic imine (C=N–C) groups is 1. The highest BCUT2D eigenvalue weighted by atomic mass is 16.5. The third kappa shape index (κ3) is 4.31. The highest BCUT2D eigenvalue weighted by molar-refractivity contribution is 5.80. The summed E-state index contributed by atoms with van der Waals surface area (Å²) in [6.07, 6.45) is 0. The molecule has 6 nitrogen and oxygen atoms in total. The van der Waals surface area contributed by atoms with Crippen LogP contribution in [0.4, 0.5) is 0 Å². The van der Waals surface area contributed by atoms with Crippen LogP contribution in [0, 0.1) is 13.8 Å². The van der Waals surface area contributed by atoms with Crippen LogP contribution in [0.5, 0.6) is 0 Å². The summed E-state index contributed by atoms with van der Waals surface area (Å²) in [6, 6.07) is 8.49. The fourth-order valence-electron chi connectivity index (χ4n) is 2.23. The van der Waals surface area contributed by atoms with Crippen LogP contribution < -0.4 is 10.6 Å². The first-order chi connectivity index (χ1) is 10.6. The maximum Gasteiger partial charge on any atom is 0.223 e. The summed E-state index contributed by atoms with van der Waals surface area (Å²) in [4.78, 5) is 8.66. The molecule has 6 heteroatoms. The van der Waals surface area contributed by atoms with Crippen molar-refractivity contribution in [2.75, 3.05) is 6.54 Å². The van der Waals surface area contributed by atoms with Crippen molar-refractivity contribution in [2.24, 2.45) is 4.99 Å². The molecule has 1 unspecified atom stereocenters. The van der Waals surface area contributed by atoms with Crippen LogP contribution in [0.2, 0.25) is 0 Å². The molecule has 1 heterocycles. The second-order valence-corrected chi connectivity index (χ2v) is 5.15. The molecule has 1 atom stereocenters. The van der Waals surface area contributed by atoms with Crippen molar-refractivity contribution in [3.8, 4) is 0 Å². The van der Waals surface area contributed by atoms with Gasteiger partial charge >= 0.3 is 0 Å². The van der Waals surface area contributed by atoms with Crippen molar-refractivity contribution in [2.45, 2.75) is 40.3 Å². The number of hydrogen-bond donors (Lipinski definition) is 2. The van der Waals surface area contributed by atoms with Gasteiger partial charge in [-0.1, -0.05) is 29.4 Å². The fraction of sp³-hybridized carbons (Fsp3) is 0.438. The first kappa shape index (κ1) is 16.0. The predicted octanol–water partition coefficient (Wildman–Crippen LogP) is 2.50. The lowest BCUT2D eigenvalue weighted by atomic mass is 10.0. The Balaban J connectivity index is 2.06. The molecule has 0 saturated carbocycles. The zero-order valence-electron chi connectivity index (χ0n) is 13.6. The number of aromatic nitrogens is 2. The third-order valence-corrected chi connectivity index (χ3v) is 3.30. The van der Waals surface area contributed by atoms with E-state index in [4.69, 9.17) is 4.52 Å². The highest BCUT2D eigenvalue weighted by Crippen LogP contribution is 2.16. The van der Waals surface area contributed by atoms with Crippen molar-refractivity contribution in [3.05, 3.63) is 47.1 Å². The Morgan fingerprint density at radius 1 is 1.32 bits per heavy atom. The molecule has 1 aromatic carbocycles. The first-order valence-corrected chi connectivity index (χ1v) is 7.49. The molecule has 0 aliphatic carbocycles. The third-order valence-electron chi connectivity index (χ3n) is 3.30. The minimum absolute atomic E-state index is 0.158. The quantitative estimate of drug-likeness (QED) is 0.655. The number of nitrogens with one attached hydrogen (secondary N) is 2. The van der Waals surface area contributed by atoms with Gasteiger partial charge in [0.25, 0.3) is 0 Å². The summed E-state index contributed by atoms with van der Waals surface area (Å²) in [6.45, 7) is 9.20. The van der Waals surface area contributed by atoms with E-state index in [9.17, 15) is 0 Å². The van der Waals surface area contributed by atoms with Crippen LogP contribution in [-0.2, 0) is 6.54 Å². The lowest BCUT2D eigenvalue weighted by molar-refractivity contribution is 0.387. The van der Waals surface area contributed by atoms with E-state index in [1.165, 1.54) is 11.1 Å². The largest absolute Gasteiger partial charge is 0.357 e.